The van der Waals surface area contributed by atoms with Gasteiger partial charge in [-0.15, -0.1) is 0 Å². The molecule has 0 bridgehead atoms. The molecule has 0 radical (unpaired) electrons. The predicted octanol–water partition coefficient (Wildman–Crippen LogP) is 19.4. The van der Waals surface area contributed by atoms with Gasteiger partial charge in [0.2, 0.25) is 0 Å². The number of benzene rings is 7. The van der Waals surface area contributed by atoms with E-state index in [1.54, 1.807) is 121 Å². The molecule has 0 aliphatic carbocycles. The summed E-state index contributed by atoms with van der Waals surface area (Å²) in [6.07, 6.45) is 0. The first kappa shape index (κ1) is 83.5. The Morgan fingerprint density at radius 2 is 0.338 bits per heavy atom. The summed E-state index contributed by atoms with van der Waals surface area (Å²) < 4.78 is 0. The van der Waals surface area contributed by atoms with Crippen molar-refractivity contribution in [3.63, 3.8) is 0 Å². The van der Waals surface area contributed by atoms with Crippen molar-refractivity contribution in [2.75, 3.05) is 0 Å². The molecular formula is C68H104O9. The molecule has 0 aromatic heterocycles. The van der Waals surface area contributed by atoms with E-state index in [9.17, 15) is 30.0 Å². The Hall–Kier alpha value is -7.52. The van der Waals surface area contributed by atoms with E-state index in [2.05, 4.69) is 27.7 Å². The average Bonchev–Trinajstić information content (AvgIpc) is 3.44. The summed E-state index contributed by atoms with van der Waals surface area (Å²) >= 11 is 0. The standard InChI is InChI=1S/2C15H16O2.3C6H6O.2C3H6O.7C2H6/c2*1-15(2,11-3-7-13(16)8-4-11)12-5-9-14(17)10-6-12;3*7-6-4-2-1-3-5-6;2*1-3(2)4;7*1-2/h2*3-10,16-17H,1-2H3;3*1-5,7H;2*1-2H3;7*1-2H3. The van der Waals surface area contributed by atoms with Crippen molar-refractivity contribution in [1.29, 1.82) is 0 Å². The molecule has 0 aliphatic heterocycles. The maximum atomic E-state index is 9.44. The van der Waals surface area contributed by atoms with E-state index in [0.717, 1.165) is 22.3 Å². The minimum atomic E-state index is -0.151. The van der Waals surface area contributed by atoms with E-state index in [0.29, 0.717) is 17.2 Å². The second kappa shape index (κ2) is 56.2. The maximum Gasteiger partial charge on any atom is 0.126 e. The molecule has 7 N–H and O–H groups in total. The Bertz CT molecular complexity index is 1970. The predicted molar refractivity (Wildman–Crippen MR) is 333 cm³/mol. The van der Waals surface area contributed by atoms with Crippen LogP contribution in [-0.4, -0.2) is 47.3 Å². The third kappa shape index (κ3) is 46.7. The van der Waals surface area contributed by atoms with Crippen LogP contribution in [0.1, 0.15) is 175 Å². The summed E-state index contributed by atoms with van der Waals surface area (Å²) in [7, 11) is 0. The van der Waals surface area contributed by atoms with Crippen LogP contribution in [0, 0.1) is 0 Å². The second-order valence-corrected chi connectivity index (χ2v) is 15.3. The highest BCUT2D eigenvalue weighted by molar-refractivity contribution is 5.72. The molecular weight excluding hydrogens is 961 g/mol. The van der Waals surface area contributed by atoms with E-state index < -0.39 is 0 Å². The summed E-state index contributed by atoms with van der Waals surface area (Å²) in [5.41, 5.74) is 4.20. The molecule has 77 heavy (non-hydrogen) atoms. The smallest absolute Gasteiger partial charge is 0.126 e. The Labute approximate surface area is 468 Å². The van der Waals surface area contributed by atoms with Crippen LogP contribution in [-0.2, 0) is 20.4 Å². The van der Waals surface area contributed by atoms with Crippen LogP contribution in [0.2, 0.25) is 0 Å². The van der Waals surface area contributed by atoms with Crippen molar-refractivity contribution < 1.29 is 45.3 Å². The third-order valence-corrected chi connectivity index (χ3v) is 8.62. The van der Waals surface area contributed by atoms with Crippen molar-refractivity contribution in [3.8, 4) is 40.2 Å². The van der Waals surface area contributed by atoms with Crippen molar-refractivity contribution in [2.24, 2.45) is 0 Å². The largest absolute Gasteiger partial charge is 0.508 e. The first-order chi connectivity index (χ1) is 36.6. The number of para-hydroxylation sites is 3. The van der Waals surface area contributed by atoms with Crippen molar-refractivity contribution >= 4 is 11.6 Å². The molecule has 7 aromatic carbocycles. The molecule has 0 saturated carbocycles. The number of Topliss-reactive ketones (excluding diaryl/α,β-unsaturated/α-hetero) is 2. The molecule has 7 aromatic rings. The lowest BCUT2D eigenvalue weighted by molar-refractivity contribution is -0.115. The summed E-state index contributed by atoms with van der Waals surface area (Å²) in [4.78, 5) is 18.9. The van der Waals surface area contributed by atoms with Gasteiger partial charge in [-0.1, -0.05) is 228 Å². The first-order valence-electron chi connectivity index (χ1n) is 27.0. The highest BCUT2D eigenvalue weighted by Gasteiger charge is 2.23. The van der Waals surface area contributed by atoms with E-state index in [-0.39, 0.29) is 45.4 Å². The van der Waals surface area contributed by atoms with Gasteiger partial charge in [-0.25, -0.2) is 0 Å². The van der Waals surface area contributed by atoms with Crippen LogP contribution in [0.15, 0.2) is 188 Å². The Balaban J connectivity index is -0.000000151. The van der Waals surface area contributed by atoms with Crippen LogP contribution in [0.5, 0.6) is 40.2 Å². The van der Waals surface area contributed by atoms with Gasteiger partial charge in [-0.05, 0) is 135 Å². The molecule has 9 nitrogen and oxygen atoms in total. The van der Waals surface area contributed by atoms with E-state index in [1.807, 2.05) is 164 Å². The van der Waals surface area contributed by atoms with Gasteiger partial charge < -0.3 is 45.3 Å². The van der Waals surface area contributed by atoms with Crippen LogP contribution < -0.4 is 0 Å². The van der Waals surface area contributed by atoms with Crippen LogP contribution in [0.4, 0.5) is 0 Å². The quantitative estimate of drug-likeness (QED) is 0.0905. The maximum absolute atomic E-state index is 9.44. The Morgan fingerprint density at radius 3 is 0.429 bits per heavy atom. The molecule has 7 rings (SSSR count). The summed E-state index contributed by atoms with van der Waals surface area (Å²) in [6, 6.07) is 55.0. The van der Waals surface area contributed by atoms with Crippen LogP contribution >= 0.6 is 0 Å². The minimum Gasteiger partial charge on any atom is -0.508 e. The Kier molecular flexibility index (Phi) is 60.9. The number of carbonyl (C=O) groups excluding carboxylic acids is 2. The summed E-state index contributed by atoms with van der Waals surface area (Å²) in [5.74, 6) is 2.39. The molecule has 0 amide bonds. The summed E-state index contributed by atoms with van der Waals surface area (Å²) in [5, 5.41) is 63.1. The number of hydrogen-bond donors (Lipinski definition) is 7. The fourth-order valence-electron chi connectivity index (χ4n) is 5.13. The van der Waals surface area contributed by atoms with Gasteiger partial charge in [0, 0.05) is 10.8 Å². The fourth-order valence-corrected chi connectivity index (χ4v) is 5.13. The molecule has 0 aliphatic rings. The van der Waals surface area contributed by atoms with Gasteiger partial charge in [0.05, 0.1) is 0 Å². The molecule has 0 saturated heterocycles. The monoisotopic (exact) mass is 1060 g/mol. The van der Waals surface area contributed by atoms with Crippen molar-refractivity contribution in [2.45, 2.75) is 163 Å². The summed E-state index contributed by atoms with van der Waals surface area (Å²) in [6.45, 7) is 42.6. The van der Waals surface area contributed by atoms with Gasteiger partial charge in [0.15, 0.2) is 0 Å². The van der Waals surface area contributed by atoms with Crippen LogP contribution in [0.25, 0.3) is 0 Å². The molecule has 0 atom stereocenters. The van der Waals surface area contributed by atoms with Gasteiger partial charge in [0.1, 0.15) is 51.8 Å². The lowest BCUT2D eigenvalue weighted by Gasteiger charge is -2.26. The zero-order valence-corrected chi connectivity index (χ0v) is 51.3. The highest BCUT2D eigenvalue weighted by atomic mass is 16.3. The number of hydrogen-bond acceptors (Lipinski definition) is 9. The van der Waals surface area contributed by atoms with Gasteiger partial charge in [-0.3, -0.25) is 0 Å². The second-order valence-electron chi connectivity index (χ2n) is 15.3. The number of ketones is 2. The molecule has 9 heteroatoms. The Morgan fingerprint density at radius 1 is 0.234 bits per heavy atom. The fraction of sp³-hybridized carbons (Fsp3) is 0.353. The number of carbonyl (C=O) groups is 2. The highest BCUT2D eigenvalue weighted by Crippen LogP contribution is 2.34. The minimum absolute atomic E-state index is 0.151. The number of aromatic hydroxyl groups is 7. The lowest BCUT2D eigenvalue weighted by atomic mass is 9.78. The van der Waals surface area contributed by atoms with E-state index >= 15 is 0 Å². The lowest BCUT2D eigenvalue weighted by Crippen LogP contribution is -2.18. The molecule has 0 spiro atoms. The molecule has 430 valence electrons. The number of phenolic OH excluding ortho intramolecular Hbond substituents is 7. The van der Waals surface area contributed by atoms with Gasteiger partial charge in [-0.2, -0.15) is 0 Å². The van der Waals surface area contributed by atoms with Gasteiger partial charge in [0.25, 0.3) is 0 Å². The topological polar surface area (TPSA) is 176 Å². The zero-order valence-electron chi connectivity index (χ0n) is 51.3. The van der Waals surface area contributed by atoms with Crippen molar-refractivity contribution in [3.05, 3.63) is 210 Å². The van der Waals surface area contributed by atoms with Gasteiger partial charge >= 0.3 is 0 Å². The van der Waals surface area contributed by atoms with Crippen LogP contribution in [0.3, 0.4) is 0 Å². The molecule has 0 unspecified atom stereocenters. The van der Waals surface area contributed by atoms with E-state index in [4.69, 9.17) is 15.3 Å². The van der Waals surface area contributed by atoms with E-state index in [1.165, 1.54) is 27.7 Å². The first-order valence-corrected chi connectivity index (χ1v) is 27.0. The number of phenols is 7. The third-order valence-electron chi connectivity index (χ3n) is 8.62. The average molecular weight is 1070 g/mol. The van der Waals surface area contributed by atoms with Crippen molar-refractivity contribution in [1.82, 2.24) is 0 Å². The SMILES string of the molecule is CC.CC.CC.CC.CC.CC.CC.CC(C)(c1ccc(O)cc1)c1ccc(O)cc1.CC(C)(c1ccc(O)cc1)c1ccc(O)cc1.CC(C)=O.CC(C)=O.Oc1ccccc1.Oc1ccccc1.Oc1ccccc1. The molecule has 0 fully saturated rings. The zero-order chi connectivity index (χ0) is 61.4. The molecule has 0 heterocycles. The number of rotatable bonds is 4. The normalized spacial score (nSPS) is 8.60.